The van der Waals surface area contributed by atoms with E-state index < -0.39 is 36.8 Å². The molecule has 3 heteroatoms. The van der Waals surface area contributed by atoms with E-state index in [1.54, 1.807) is 3.58 Å². The van der Waals surface area contributed by atoms with Crippen molar-refractivity contribution < 1.29 is 0 Å². The third-order valence-corrected chi connectivity index (χ3v) is 13.4. The summed E-state index contributed by atoms with van der Waals surface area (Å²) >= 11 is -3.80. The van der Waals surface area contributed by atoms with E-state index >= 15 is 0 Å². The van der Waals surface area contributed by atoms with E-state index in [0.717, 1.165) is 0 Å². The molecule has 1 nitrogen and oxygen atoms in total. The molecule has 0 aliphatic rings. The van der Waals surface area contributed by atoms with Crippen LogP contribution in [0, 0.1) is 0 Å². The molecule has 0 spiro atoms. The molecule has 0 bridgehead atoms. The fourth-order valence-electron chi connectivity index (χ4n) is 1.31. The molecule has 0 aliphatic heterocycles. The summed E-state index contributed by atoms with van der Waals surface area (Å²) in [5.41, 5.74) is 0. The Bertz CT molecular complexity index is 292. The Morgan fingerprint density at radius 1 is 0.929 bits per heavy atom. The van der Waals surface area contributed by atoms with Crippen LogP contribution in [0.3, 0.4) is 0 Å². The van der Waals surface area contributed by atoms with Crippen molar-refractivity contribution in [2.24, 2.45) is 0 Å². The molecule has 0 saturated carbocycles. The molecule has 0 fully saturated rings. The zero-order valence-corrected chi connectivity index (χ0v) is 15.9. The van der Waals surface area contributed by atoms with Crippen LogP contribution in [-0.2, 0) is 0 Å². The van der Waals surface area contributed by atoms with E-state index in [0.29, 0.717) is 0 Å². The first kappa shape index (κ1) is 12.8. The SMILES string of the molecule is [CH3][Sn]([CH3])([CH3])[c]1ccn[c]([Sn]([CH3])([CH3])[CH3])c1. The van der Waals surface area contributed by atoms with Gasteiger partial charge in [-0.3, -0.25) is 0 Å². The Morgan fingerprint density at radius 3 is 1.93 bits per heavy atom. The van der Waals surface area contributed by atoms with Crippen LogP contribution >= 0.6 is 0 Å². The number of hydrogen-bond acceptors (Lipinski definition) is 1. The predicted octanol–water partition coefficient (Wildman–Crippen LogP) is 2.17. The van der Waals surface area contributed by atoms with Crippen LogP contribution in [0.2, 0.25) is 29.6 Å². The number of rotatable bonds is 2. The van der Waals surface area contributed by atoms with Gasteiger partial charge in [0.2, 0.25) is 0 Å². The van der Waals surface area contributed by atoms with E-state index in [1.165, 1.54) is 3.71 Å². The zero-order valence-electron chi connectivity index (χ0n) is 10.2. The Kier molecular flexibility index (Phi) is 3.95. The van der Waals surface area contributed by atoms with Crippen molar-refractivity contribution in [3.05, 3.63) is 18.3 Å². The van der Waals surface area contributed by atoms with Gasteiger partial charge in [0.1, 0.15) is 0 Å². The van der Waals surface area contributed by atoms with Crippen LogP contribution in [0.4, 0.5) is 0 Å². The van der Waals surface area contributed by atoms with Gasteiger partial charge in [0.15, 0.2) is 0 Å². The minimum atomic E-state index is -1.94. The van der Waals surface area contributed by atoms with Gasteiger partial charge in [0, 0.05) is 0 Å². The van der Waals surface area contributed by atoms with Gasteiger partial charge >= 0.3 is 97.0 Å². The second kappa shape index (κ2) is 4.32. The normalized spacial score (nSPS) is 13.0. The third kappa shape index (κ3) is 3.40. The van der Waals surface area contributed by atoms with Gasteiger partial charge in [-0.2, -0.15) is 0 Å². The molecule has 0 unspecified atom stereocenters. The van der Waals surface area contributed by atoms with Gasteiger partial charge in [0.25, 0.3) is 0 Å². The summed E-state index contributed by atoms with van der Waals surface area (Å²) in [7, 11) is 0. The molecule has 1 rings (SSSR count). The molecular weight excluding hydrogens is 384 g/mol. The van der Waals surface area contributed by atoms with Crippen LogP contribution in [0.25, 0.3) is 0 Å². The molecule has 1 aromatic rings. The summed E-state index contributed by atoms with van der Waals surface area (Å²) in [6.45, 7) is 0. The van der Waals surface area contributed by atoms with E-state index in [-0.39, 0.29) is 0 Å². The molecule has 1 heterocycles. The van der Waals surface area contributed by atoms with Crippen LogP contribution < -0.4 is 7.29 Å². The summed E-state index contributed by atoms with van der Waals surface area (Å²) in [5.74, 6) is 0. The van der Waals surface area contributed by atoms with Crippen molar-refractivity contribution in [1.82, 2.24) is 4.98 Å². The van der Waals surface area contributed by atoms with Crippen LogP contribution in [0.5, 0.6) is 0 Å². The van der Waals surface area contributed by atoms with Crippen LogP contribution in [0.15, 0.2) is 18.3 Å². The number of hydrogen-bond donors (Lipinski definition) is 0. The molecule has 0 aromatic carbocycles. The summed E-state index contributed by atoms with van der Waals surface area (Å²) < 4.78 is 3.05. The van der Waals surface area contributed by atoms with Gasteiger partial charge in [-0.1, -0.05) is 0 Å². The van der Waals surface area contributed by atoms with Crippen LogP contribution in [-0.4, -0.2) is 41.7 Å². The fraction of sp³-hybridized carbons (Fsp3) is 0.545. The predicted molar refractivity (Wildman–Crippen MR) is 70.2 cm³/mol. The van der Waals surface area contributed by atoms with Gasteiger partial charge in [-0.15, -0.1) is 0 Å². The first-order valence-electron chi connectivity index (χ1n) is 5.18. The van der Waals surface area contributed by atoms with Crippen LogP contribution in [0.1, 0.15) is 0 Å². The molecule has 14 heavy (non-hydrogen) atoms. The molecule has 0 saturated heterocycles. The molecular formula is C11H21NSn2. The summed E-state index contributed by atoms with van der Waals surface area (Å²) in [6, 6.07) is 4.64. The topological polar surface area (TPSA) is 12.9 Å². The first-order valence-corrected chi connectivity index (χ1v) is 25.2. The van der Waals surface area contributed by atoms with Crippen molar-refractivity contribution in [3.63, 3.8) is 0 Å². The van der Waals surface area contributed by atoms with Gasteiger partial charge in [-0.25, -0.2) is 0 Å². The monoisotopic (exact) mass is 407 g/mol. The van der Waals surface area contributed by atoms with E-state index in [1.807, 2.05) is 6.20 Å². The van der Waals surface area contributed by atoms with Crippen molar-refractivity contribution in [1.29, 1.82) is 0 Å². The van der Waals surface area contributed by atoms with Crippen molar-refractivity contribution in [2.75, 3.05) is 0 Å². The second-order valence-electron chi connectivity index (χ2n) is 5.93. The third-order valence-electron chi connectivity index (χ3n) is 2.39. The van der Waals surface area contributed by atoms with Gasteiger partial charge < -0.3 is 0 Å². The molecule has 1 aromatic heterocycles. The van der Waals surface area contributed by atoms with E-state index in [4.69, 9.17) is 0 Å². The number of aromatic nitrogens is 1. The Labute approximate surface area is 96.1 Å². The Hall–Kier alpha value is 0.747. The first-order chi connectivity index (χ1) is 6.21. The van der Waals surface area contributed by atoms with Gasteiger partial charge in [0.05, 0.1) is 0 Å². The zero-order chi connectivity index (χ0) is 11.0. The fourth-order valence-corrected chi connectivity index (χ4v) is 8.75. The van der Waals surface area contributed by atoms with E-state index in [9.17, 15) is 0 Å². The average molecular weight is 405 g/mol. The summed E-state index contributed by atoms with van der Waals surface area (Å²) in [6.07, 6.45) is 2.02. The quantitative estimate of drug-likeness (QED) is 0.689. The summed E-state index contributed by atoms with van der Waals surface area (Å²) in [4.78, 5) is 19.2. The minimum absolute atomic E-state index is 1.43. The molecule has 78 valence electrons. The number of pyridine rings is 1. The maximum absolute atomic E-state index is 4.55. The molecule has 0 atom stereocenters. The Morgan fingerprint density at radius 2 is 1.50 bits per heavy atom. The molecule has 0 N–H and O–H groups in total. The number of nitrogens with zero attached hydrogens (tertiary/aromatic N) is 1. The van der Waals surface area contributed by atoms with Crippen molar-refractivity contribution >= 4 is 44.0 Å². The molecule has 0 radical (unpaired) electrons. The second-order valence-corrected chi connectivity index (χ2v) is 34.7. The molecule has 0 aliphatic carbocycles. The van der Waals surface area contributed by atoms with Crippen molar-refractivity contribution in [3.8, 4) is 0 Å². The van der Waals surface area contributed by atoms with Gasteiger partial charge in [-0.05, 0) is 0 Å². The Balaban J connectivity index is 3.15. The average Bonchev–Trinajstić information content (AvgIpc) is 2.01. The standard InChI is InChI=1S/C5H3N.6CH3.2Sn/c1-2-4-6-5-3-1;;;;;;;;/h2-4H;6*1H3;;. The van der Waals surface area contributed by atoms with E-state index in [2.05, 4.69) is 46.8 Å². The molecule has 0 amide bonds. The summed E-state index contributed by atoms with van der Waals surface area (Å²) in [5, 5.41) is 0. The van der Waals surface area contributed by atoms with Crippen molar-refractivity contribution in [2.45, 2.75) is 29.6 Å². The maximum atomic E-state index is 4.55.